The second-order valence-electron chi connectivity index (χ2n) is 5.52. The van der Waals surface area contributed by atoms with E-state index in [1.165, 1.54) is 6.07 Å². The van der Waals surface area contributed by atoms with Crippen LogP contribution in [-0.4, -0.2) is 22.5 Å². The number of carbonyl (C=O) groups is 1. The molecule has 3 aromatic rings. The third kappa shape index (κ3) is 3.22. The van der Waals surface area contributed by atoms with Crippen molar-refractivity contribution >= 4 is 17.0 Å². The maximum Gasteiger partial charge on any atom is 0.416 e. The van der Waals surface area contributed by atoms with E-state index in [2.05, 4.69) is 9.97 Å². The van der Waals surface area contributed by atoms with Crippen LogP contribution in [-0.2, 0) is 10.9 Å². The Morgan fingerprint density at radius 2 is 2.00 bits per heavy atom. The smallest absolute Gasteiger partial charge is 0.416 e. The molecule has 0 spiro atoms. The normalized spacial score (nSPS) is 11.7. The predicted molar refractivity (Wildman–Crippen MR) is 87.2 cm³/mol. The fourth-order valence-corrected chi connectivity index (χ4v) is 2.66. The van der Waals surface area contributed by atoms with Crippen LogP contribution in [0.1, 0.15) is 28.5 Å². The summed E-state index contributed by atoms with van der Waals surface area (Å²) in [6.07, 6.45) is -4.43. The van der Waals surface area contributed by atoms with Crippen LogP contribution < -0.4 is 0 Å². The number of nitrogens with zero attached hydrogens (tertiary/aromatic N) is 1. The van der Waals surface area contributed by atoms with Gasteiger partial charge in [0, 0.05) is 11.3 Å². The van der Waals surface area contributed by atoms with Crippen molar-refractivity contribution in [1.29, 1.82) is 0 Å². The van der Waals surface area contributed by atoms with Crippen LogP contribution >= 0.6 is 0 Å². The number of benzene rings is 1. The van der Waals surface area contributed by atoms with Gasteiger partial charge in [-0.3, -0.25) is 0 Å². The lowest BCUT2D eigenvalue weighted by atomic mass is 10.1. The van der Waals surface area contributed by atoms with Crippen LogP contribution in [0.15, 0.2) is 36.4 Å². The van der Waals surface area contributed by atoms with Crippen LogP contribution in [0.5, 0.6) is 0 Å². The third-order valence-corrected chi connectivity index (χ3v) is 3.79. The SMILES string of the molecule is CCOC(=O)c1c(C)[nH]c2ccc(-c3cccc(C(F)(F)F)c3)nc12. The molecule has 0 saturated heterocycles. The van der Waals surface area contributed by atoms with Crippen LogP contribution in [0.4, 0.5) is 13.2 Å². The number of H-pyrrole nitrogens is 1. The fraction of sp³-hybridized carbons (Fsp3) is 0.222. The van der Waals surface area contributed by atoms with Crippen molar-refractivity contribution in [2.75, 3.05) is 6.61 Å². The van der Waals surface area contributed by atoms with Gasteiger partial charge in [0.25, 0.3) is 0 Å². The van der Waals surface area contributed by atoms with Gasteiger partial charge < -0.3 is 9.72 Å². The first-order valence-corrected chi connectivity index (χ1v) is 7.65. The van der Waals surface area contributed by atoms with Gasteiger partial charge in [-0.05, 0) is 38.1 Å². The van der Waals surface area contributed by atoms with Crippen molar-refractivity contribution in [3.63, 3.8) is 0 Å². The molecule has 4 nitrogen and oxygen atoms in total. The number of carbonyl (C=O) groups excluding carboxylic acids is 1. The molecule has 0 aliphatic rings. The Hall–Kier alpha value is -2.83. The number of rotatable bonds is 3. The fourth-order valence-electron chi connectivity index (χ4n) is 2.66. The van der Waals surface area contributed by atoms with E-state index in [0.717, 1.165) is 12.1 Å². The molecule has 0 fully saturated rings. The number of nitrogens with one attached hydrogen (secondary N) is 1. The molecule has 25 heavy (non-hydrogen) atoms. The van der Waals surface area contributed by atoms with Crippen molar-refractivity contribution in [3.8, 4) is 11.3 Å². The summed E-state index contributed by atoms with van der Waals surface area (Å²) >= 11 is 0. The number of aryl methyl sites for hydroxylation is 1. The Labute approximate surface area is 141 Å². The van der Waals surface area contributed by atoms with Gasteiger partial charge >= 0.3 is 12.1 Å². The standard InChI is InChI=1S/C18H15F3N2O2/c1-3-25-17(24)15-10(2)22-14-8-7-13(23-16(14)15)11-5-4-6-12(9-11)18(19,20)21/h4-9,22H,3H2,1-2H3. The first-order chi connectivity index (χ1) is 11.8. The van der Waals surface area contributed by atoms with Gasteiger partial charge in [-0.2, -0.15) is 13.2 Å². The summed E-state index contributed by atoms with van der Waals surface area (Å²) in [5.74, 6) is -0.514. The highest BCUT2D eigenvalue weighted by molar-refractivity contribution is 6.04. The number of esters is 1. The van der Waals surface area contributed by atoms with E-state index >= 15 is 0 Å². The minimum absolute atomic E-state index is 0.221. The number of pyridine rings is 1. The summed E-state index contributed by atoms with van der Waals surface area (Å²) in [6.45, 7) is 3.64. The molecule has 0 aliphatic heterocycles. The third-order valence-electron chi connectivity index (χ3n) is 3.79. The van der Waals surface area contributed by atoms with Crippen molar-refractivity contribution in [1.82, 2.24) is 9.97 Å². The molecule has 1 N–H and O–H groups in total. The summed E-state index contributed by atoms with van der Waals surface area (Å²) < 4.78 is 43.8. The second-order valence-corrected chi connectivity index (χ2v) is 5.52. The van der Waals surface area contributed by atoms with Crippen molar-refractivity contribution in [2.24, 2.45) is 0 Å². The van der Waals surface area contributed by atoms with Crippen LogP contribution in [0.25, 0.3) is 22.3 Å². The number of halogens is 3. The Bertz CT molecular complexity index is 945. The highest BCUT2D eigenvalue weighted by atomic mass is 19.4. The van der Waals surface area contributed by atoms with Gasteiger partial charge in [0.1, 0.15) is 11.1 Å². The lowest BCUT2D eigenvalue weighted by molar-refractivity contribution is -0.137. The van der Waals surface area contributed by atoms with E-state index < -0.39 is 17.7 Å². The number of hydrogen-bond acceptors (Lipinski definition) is 3. The zero-order valence-electron chi connectivity index (χ0n) is 13.6. The molecule has 0 radical (unpaired) electrons. The van der Waals surface area contributed by atoms with Gasteiger partial charge in [-0.1, -0.05) is 12.1 Å². The van der Waals surface area contributed by atoms with E-state index in [-0.39, 0.29) is 6.61 Å². The second kappa shape index (κ2) is 6.23. The Kier molecular flexibility index (Phi) is 4.24. The molecule has 130 valence electrons. The van der Waals surface area contributed by atoms with E-state index in [4.69, 9.17) is 4.74 Å². The van der Waals surface area contributed by atoms with E-state index in [1.54, 1.807) is 32.0 Å². The van der Waals surface area contributed by atoms with E-state index in [1.807, 2.05) is 0 Å². The number of fused-ring (bicyclic) bond motifs is 1. The van der Waals surface area contributed by atoms with Crippen molar-refractivity contribution in [2.45, 2.75) is 20.0 Å². The van der Waals surface area contributed by atoms with Gasteiger partial charge in [-0.15, -0.1) is 0 Å². The summed E-state index contributed by atoms with van der Waals surface area (Å²) in [5.41, 5.74) is 1.83. The summed E-state index contributed by atoms with van der Waals surface area (Å²) in [6, 6.07) is 8.23. The molecule has 2 aromatic heterocycles. The number of aromatic nitrogens is 2. The topological polar surface area (TPSA) is 55.0 Å². The number of hydrogen-bond donors (Lipinski definition) is 1. The van der Waals surface area contributed by atoms with Crippen LogP contribution in [0.2, 0.25) is 0 Å². The average molecular weight is 348 g/mol. The highest BCUT2D eigenvalue weighted by Gasteiger charge is 2.30. The molecule has 1 aromatic carbocycles. The van der Waals surface area contributed by atoms with Crippen LogP contribution in [0, 0.1) is 6.92 Å². The summed E-state index contributed by atoms with van der Waals surface area (Å²) in [7, 11) is 0. The molecule has 3 rings (SSSR count). The Morgan fingerprint density at radius 1 is 1.24 bits per heavy atom. The number of aromatic amines is 1. The molecule has 0 saturated carbocycles. The zero-order chi connectivity index (χ0) is 18.2. The zero-order valence-corrected chi connectivity index (χ0v) is 13.6. The summed E-state index contributed by atoms with van der Waals surface area (Å²) in [4.78, 5) is 19.6. The molecular formula is C18H15F3N2O2. The van der Waals surface area contributed by atoms with Crippen molar-refractivity contribution < 1.29 is 22.7 Å². The minimum atomic E-state index is -4.43. The number of ether oxygens (including phenoxy) is 1. The maximum absolute atomic E-state index is 12.9. The maximum atomic E-state index is 12.9. The van der Waals surface area contributed by atoms with Gasteiger partial charge in [-0.25, -0.2) is 9.78 Å². The average Bonchev–Trinajstić information content (AvgIpc) is 2.89. The first kappa shape index (κ1) is 17.0. The molecule has 0 bridgehead atoms. The van der Waals surface area contributed by atoms with Gasteiger partial charge in [0.05, 0.1) is 23.4 Å². The quantitative estimate of drug-likeness (QED) is 0.696. The lowest BCUT2D eigenvalue weighted by Crippen LogP contribution is -2.06. The molecule has 7 heteroatoms. The van der Waals surface area contributed by atoms with Crippen molar-refractivity contribution in [3.05, 3.63) is 53.2 Å². The Morgan fingerprint density at radius 3 is 2.68 bits per heavy atom. The molecule has 0 atom stereocenters. The summed E-state index contributed by atoms with van der Waals surface area (Å²) in [5, 5.41) is 0. The molecular weight excluding hydrogens is 333 g/mol. The minimum Gasteiger partial charge on any atom is -0.462 e. The monoisotopic (exact) mass is 348 g/mol. The highest BCUT2D eigenvalue weighted by Crippen LogP contribution is 2.32. The van der Waals surface area contributed by atoms with Gasteiger partial charge in [0.2, 0.25) is 0 Å². The largest absolute Gasteiger partial charge is 0.462 e. The molecule has 0 aliphatic carbocycles. The molecule has 2 heterocycles. The number of alkyl halides is 3. The Balaban J connectivity index is 2.13. The predicted octanol–water partition coefficient (Wildman–Crippen LogP) is 4.73. The molecule has 0 unspecified atom stereocenters. The van der Waals surface area contributed by atoms with Crippen LogP contribution in [0.3, 0.4) is 0 Å². The first-order valence-electron chi connectivity index (χ1n) is 7.65. The molecule has 0 amide bonds. The lowest BCUT2D eigenvalue weighted by Gasteiger charge is -2.08. The van der Waals surface area contributed by atoms with E-state index in [0.29, 0.717) is 33.5 Å². The van der Waals surface area contributed by atoms with Gasteiger partial charge in [0.15, 0.2) is 0 Å². The van der Waals surface area contributed by atoms with E-state index in [9.17, 15) is 18.0 Å².